The van der Waals surface area contributed by atoms with Crippen LogP contribution in [0.15, 0.2) is 30.5 Å². The maximum Gasteiger partial charge on any atom is 0.276 e. The normalized spacial score (nSPS) is 18.9. The average molecular weight is 418 g/mol. The molecule has 2 aliphatic rings. The summed E-state index contributed by atoms with van der Waals surface area (Å²) in [6, 6.07) is 7.57. The summed E-state index contributed by atoms with van der Waals surface area (Å²) in [7, 11) is 0. The standard InChI is InChI=1S/C21H27N5O2.ClH/c1-15-6-4-8-17(19(15)21(28)25-11-2-3-12-25)23-20(27)18-9-13-26(24-18)16-7-5-10-22-14-16;/h4,6,8-9,13,16,22H,2-3,5,7,10-12,14H2,1H3,(H,23,27);1H. The largest absolute Gasteiger partial charge is 0.339 e. The molecule has 1 unspecified atom stereocenters. The molecule has 2 saturated heterocycles. The number of nitrogens with zero attached hydrogens (tertiary/aromatic N) is 3. The molecule has 0 saturated carbocycles. The van der Waals surface area contributed by atoms with Gasteiger partial charge in [0.1, 0.15) is 0 Å². The van der Waals surface area contributed by atoms with Crippen LogP contribution < -0.4 is 10.6 Å². The van der Waals surface area contributed by atoms with E-state index in [-0.39, 0.29) is 30.3 Å². The second-order valence-electron chi connectivity index (χ2n) is 7.63. The van der Waals surface area contributed by atoms with Gasteiger partial charge in [-0.25, -0.2) is 0 Å². The molecular weight excluding hydrogens is 390 g/mol. The van der Waals surface area contributed by atoms with Crippen LogP contribution in [0.2, 0.25) is 0 Å². The minimum atomic E-state index is -0.288. The zero-order valence-corrected chi connectivity index (χ0v) is 17.5. The molecule has 0 spiro atoms. The highest BCUT2D eigenvalue weighted by molar-refractivity contribution is 6.08. The van der Waals surface area contributed by atoms with Gasteiger partial charge in [-0.15, -0.1) is 12.4 Å². The molecule has 2 N–H and O–H groups in total. The van der Waals surface area contributed by atoms with Gasteiger partial charge in [0, 0.05) is 25.8 Å². The zero-order chi connectivity index (χ0) is 19.5. The van der Waals surface area contributed by atoms with Crippen LogP contribution in [-0.2, 0) is 0 Å². The van der Waals surface area contributed by atoms with Gasteiger partial charge in [-0.05, 0) is 56.8 Å². The Hall–Kier alpha value is -2.38. The number of benzene rings is 1. The van der Waals surface area contributed by atoms with Crippen LogP contribution in [0.4, 0.5) is 5.69 Å². The minimum Gasteiger partial charge on any atom is -0.339 e. The first kappa shape index (κ1) is 21.3. The first-order valence-corrected chi connectivity index (χ1v) is 10.1. The van der Waals surface area contributed by atoms with Gasteiger partial charge >= 0.3 is 0 Å². The Balaban J connectivity index is 0.00000240. The van der Waals surface area contributed by atoms with Crippen molar-refractivity contribution < 1.29 is 9.59 Å². The summed E-state index contributed by atoms with van der Waals surface area (Å²) >= 11 is 0. The highest BCUT2D eigenvalue weighted by Crippen LogP contribution is 2.24. The Kier molecular flexibility index (Phi) is 6.92. The number of hydrogen-bond acceptors (Lipinski definition) is 4. The molecule has 1 aromatic carbocycles. The number of halogens is 1. The highest BCUT2D eigenvalue weighted by atomic mass is 35.5. The van der Waals surface area contributed by atoms with Crippen molar-refractivity contribution in [2.24, 2.45) is 0 Å². The van der Waals surface area contributed by atoms with E-state index in [2.05, 4.69) is 15.7 Å². The lowest BCUT2D eigenvalue weighted by Crippen LogP contribution is -2.32. The molecule has 4 rings (SSSR count). The predicted molar refractivity (Wildman–Crippen MR) is 115 cm³/mol. The van der Waals surface area contributed by atoms with Crippen molar-refractivity contribution in [3.05, 3.63) is 47.3 Å². The quantitative estimate of drug-likeness (QED) is 0.801. The third-order valence-corrected chi connectivity index (χ3v) is 5.61. The molecule has 2 aliphatic heterocycles. The van der Waals surface area contributed by atoms with E-state index in [4.69, 9.17) is 0 Å². The Morgan fingerprint density at radius 3 is 2.69 bits per heavy atom. The van der Waals surface area contributed by atoms with Gasteiger partial charge in [0.2, 0.25) is 0 Å². The van der Waals surface area contributed by atoms with E-state index < -0.39 is 0 Å². The van der Waals surface area contributed by atoms with Crippen LogP contribution in [0.1, 0.15) is 58.1 Å². The molecule has 2 amide bonds. The summed E-state index contributed by atoms with van der Waals surface area (Å²) < 4.78 is 1.87. The number of nitrogens with one attached hydrogen (secondary N) is 2. The lowest BCUT2D eigenvalue weighted by Gasteiger charge is -2.22. The molecule has 156 valence electrons. The van der Waals surface area contributed by atoms with Crippen LogP contribution >= 0.6 is 12.4 Å². The Morgan fingerprint density at radius 1 is 1.17 bits per heavy atom. The van der Waals surface area contributed by atoms with Crippen LogP contribution in [0.5, 0.6) is 0 Å². The third-order valence-electron chi connectivity index (χ3n) is 5.61. The topological polar surface area (TPSA) is 79.3 Å². The van der Waals surface area contributed by atoms with Crippen molar-refractivity contribution in [2.75, 3.05) is 31.5 Å². The molecule has 2 aromatic rings. The number of carbonyl (C=O) groups excluding carboxylic acids is 2. The molecule has 1 aromatic heterocycles. The molecule has 1 atom stereocenters. The van der Waals surface area contributed by atoms with Gasteiger partial charge in [-0.3, -0.25) is 14.3 Å². The van der Waals surface area contributed by atoms with Crippen molar-refractivity contribution in [1.82, 2.24) is 20.0 Å². The third kappa shape index (κ3) is 4.62. The van der Waals surface area contributed by atoms with Crippen LogP contribution in [0, 0.1) is 6.92 Å². The summed E-state index contributed by atoms with van der Waals surface area (Å²) in [4.78, 5) is 27.6. The molecule has 0 radical (unpaired) electrons. The van der Waals surface area contributed by atoms with E-state index >= 15 is 0 Å². The van der Waals surface area contributed by atoms with Crippen LogP contribution in [0.25, 0.3) is 0 Å². The number of rotatable bonds is 4. The average Bonchev–Trinajstić information content (AvgIpc) is 3.41. The lowest BCUT2D eigenvalue weighted by molar-refractivity contribution is 0.0793. The highest BCUT2D eigenvalue weighted by Gasteiger charge is 2.25. The Morgan fingerprint density at radius 2 is 1.97 bits per heavy atom. The number of hydrogen-bond donors (Lipinski definition) is 2. The molecule has 0 bridgehead atoms. The Labute approximate surface area is 177 Å². The molecular formula is C21H28ClN5O2. The summed E-state index contributed by atoms with van der Waals surface area (Å²) in [5, 5.41) is 10.7. The number of likely N-dealkylation sites (tertiary alicyclic amines) is 1. The van der Waals surface area contributed by atoms with Gasteiger partial charge in [0.05, 0.1) is 17.3 Å². The summed E-state index contributed by atoms with van der Waals surface area (Å²) in [5.74, 6) is -0.298. The van der Waals surface area contributed by atoms with Gasteiger partial charge in [0.15, 0.2) is 5.69 Å². The molecule has 2 fully saturated rings. The summed E-state index contributed by atoms with van der Waals surface area (Å²) in [6.45, 7) is 5.37. The van der Waals surface area contributed by atoms with Gasteiger partial charge in [0.25, 0.3) is 11.8 Å². The van der Waals surface area contributed by atoms with Crippen molar-refractivity contribution in [1.29, 1.82) is 0 Å². The number of carbonyl (C=O) groups is 2. The maximum atomic E-state index is 13.0. The molecule has 8 heteroatoms. The van der Waals surface area contributed by atoms with Crippen LogP contribution in [0.3, 0.4) is 0 Å². The van der Waals surface area contributed by atoms with Crippen LogP contribution in [-0.4, -0.2) is 52.7 Å². The van der Waals surface area contributed by atoms with E-state index in [1.807, 2.05) is 34.8 Å². The van der Waals surface area contributed by atoms with Crippen molar-refractivity contribution >= 4 is 29.9 Å². The fraction of sp³-hybridized carbons (Fsp3) is 0.476. The number of piperidine rings is 1. The van der Waals surface area contributed by atoms with Crippen molar-refractivity contribution in [3.8, 4) is 0 Å². The van der Waals surface area contributed by atoms with E-state index in [9.17, 15) is 9.59 Å². The fourth-order valence-electron chi connectivity index (χ4n) is 4.04. The Bertz CT molecular complexity index is 870. The monoisotopic (exact) mass is 417 g/mol. The molecule has 3 heterocycles. The SMILES string of the molecule is Cc1cccc(NC(=O)c2ccn(C3CCCNC3)n2)c1C(=O)N1CCCC1.Cl. The zero-order valence-electron chi connectivity index (χ0n) is 16.7. The predicted octanol–water partition coefficient (Wildman–Crippen LogP) is 3.03. The molecule has 7 nitrogen and oxygen atoms in total. The number of aryl methyl sites for hydroxylation is 1. The van der Waals surface area contributed by atoms with Gasteiger partial charge in [-0.2, -0.15) is 5.10 Å². The second-order valence-corrected chi connectivity index (χ2v) is 7.63. The van der Waals surface area contributed by atoms with Gasteiger partial charge in [-0.1, -0.05) is 12.1 Å². The fourth-order valence-corrected chi connectivity index (χ4v) is 4.04. The smallest absolute Gasteiger partial charge is 0.276 e. The molecule has 0 aliphatic carbocycles. The first-order valence-electron chi connectivity index (χ1n) is 10.1. The van der Waals surface area contributed by atoms with E-state index in [0.717, 1.165) is 57.4 Å². The molecule has 29 heavy (non-hydrogen) atoms. The maximum absolute atomic E-state index is 13.0. The lowest BCUT2D eigenvalue weighted by atomic mass is 10.0. The number of anilines is 1. The number of aromatic nitrogens is 2. The minimum absolute atomic E-state index is 0. The number of amides is 2. The van der Waals surface area contributed by atoms with E-state index in [1.54, 1.807) is 12.1 Å². The van der Waals surface area contributed by atoms with Gasteiger partial charge < -0.3 is 15.5 Å². The van der Waals surface area contributed by atoms with Crippen molar-refractivity contribution in [2.45, 2.75) is 38.6 Å². The first-order chi connectivity index (χ1) is 13.6. The summed E-state index contributed by atoms with van der Waals surface area (Å²) in [5.41, 5.74) is 2.37. The van der Waals surface area contributed by atoms with E-state index in [0.29, 0.717) is 16.9 Å². The summed E-state index contributed by atoms with van der Waals surface area (Å²) in [6.07, 6.45) is 6.10. The second kappa shape index (κ2) is 9.41. The van der Waals surface area contributed by atoms with Crippen molar-refractivity contribution in [3.63, 3.8) is 0 Å². The van der Waals surface area contributed by atoms with E-state index in [1.165, 1.54) is 0 Å².